The molecule has 3 amide bonds. The van der Waals surface area contributed by atoms with Gasteiger partial charge in [-0.2, -0.15) is 0 Å². The predicted octanol–water partition coefficient (Wildman–Crippen LogP) is 5.46. The van der Waals surface area contributed by atoms with E-state index in [4.69, 9.17) is 21.1 Å². The van der Waals surface area contributed by atoms with E-state index in [1.807, 2.05) is 78.9 Å². The van der Waals surface area contributed by atoms with Gasteiger partial charge in [-0.05, 0) is 59.1 Å². The number of carbonyl (C=O) groups excluding carboxylic acids is 3. The SMILES string of the molecule is COc1ccc([Si](C)(C)[C@H]2[C@H](CC(=O)N(CCO)Cc3ccccc3)O[C@@]3(C(=O)N(Cc4cccc(N5CCNCC5=O)c4)c4ccc(Cl)cc43)[C@@H]2C)cc1. The molecule has 288 valence electrons. The van der Waals surface area contributed by atoms with Crippen molar-refractivity contribution in [3.05, 3.63) is 119 Å². The third-order valence-electron chi connectivity index (χ3n) is 11.8. The van der Waals surface area contributed by atoms with E-state index in [1.165, 1.54) is 0 Å². The van der Waals surface area contributed by atoms with Gasteiger partial charge < -0.3 is 34.6 Å². The molecule has 0 aromatic heterocycles. The molecule has 1 spiro atoms. The van der Waals surface area contributed by atoms with E-state index >= 15 is 4.79 Å². The summed E-state index contributed by atoms with van der Waals surface area (Å²) in [5.41, 5.74) is 2.46. The maximum absolute atomic E-state index is 15.3. The van der Waals surface area contributed by atoms with E-state index in [1.54, 1.807) is 27.9 Å². The van der Waals surface area contributed by atoms with Crippen LogP contribution in [0.4, 0.5) is 11.4 Å². The number of ether oxygens (including phenoxy) is 2. The Balaban J connectivity index is 1.27. The van der Waals surface area contributed by atoms with Crippen LogP contribution in [0.25, 0.3) is 0 Å². The molecule has 3 aliphatic heterocycles. The Hall–Kier alpha value is -4.52. The summed E-state index contributed by atoms with van der Waals surface area (Å²) in [5.74, 6) is 0.0726. The van der Waals surface area contributed by atoms with Crippen LogP contribution in [-0.4, -0.2) is 81.8 Å². The number of halogens is 1. The van der Waals surface area contributed by atoms with Crippen molar-refractivity contribution in [3.8, 4) is 5.75 Å². The molecule has 0 bridgehead atoms. The zero-order chi connectivity index (χ0) is 38.9. The van der Waals surface area contributed by atoms with Crippen LogP contribution in [0.5, 0.6) is 5.75 Å². The Bertz CT molecular complexity index is 2050. The zero-order valence-electron chi connectivity index (χ0n) is 31.8. The average molecular weight is 781 g/mol. The molecule has 7 rings (SSSR count). The summed E-state index contributed by atoms with van der Waals surface area (Å²) in [4.78, 5) is 47.6. The van der Waals surface area contributed by atoms with Crippen molar-refractivity contribution in [2.24, 2.45) is 5.92 Å². The number of methoxy groups -OCH3 is 1. The number of nitrogens with one attached hydrogen (secondary N) is 1. The summed E-state index contributed by atoms with van der Waals surface area (Å²) in [6.07, 6.45) is -0.568. The molecule has 0 aliphatic carbocycles. The molecule has 2 N–H and O–H groups in total. The Morgan fingerprint density at radius 1 is 1.02 bits per heavy atom. The lowest BCUT2D eigenvalue weighted by atomic mass is 9.82. The predicted molar refractivity (Wildman–Crippen MR) is 217 cm³/mol. The van der Waals surface area contributed by atoms with Crippen LogP contribution in [0, 0.1) is 5.92 Å². The smallest absolute Gasteiger partial charge is 0.264 e. The highest BCUT2D eigenvalue weighted by molar-refractivity contribution is 6.91. The number of anilines is 2. The Morgan fingerprint density at radius 2 is 1.76 bits per heavy atom. The quantitative estimate of drug-likeness (QED) is 0.184. The van der Waals surface area contributed by atoms with Gasteiger partial charge in [-0.3, -0.25) is 14.4 Å². The Kier molecular flexibility index (Phi) is 11.2. The normalized spacial score (nSPS) is 22.3. The van der Waals surface area contributed by atoms with Crippen molar-refractivity contribution in [1.82, 2.24) is 10.2 Å². The van der Waals surface area contributed by atoms with Gasteiger partial charge in [-0.15, -0.1) is 0 Å². The van der Waals surface area contributed by atoms with Gasteiger partial charge in [0.1, 0.15) is 5.75 Å². The highest BCUT2D eigenvalue weighted by Crippen LogP contribution is 2.60. The highest BCUT2D eigenvalue weighted by Gasteiger charge is 2.66. The van der Waals surface area contributed by atoms with Gasteiger partial charge in [0.25, 0.3) is 5.91 Å². The minimum atomic E-state index is -2.54. The van der Waals surface area contributed by atoms with E-state index in [2.05, 4.69) is 37.5 Å². The molecule has 2 saturated heterocycles. The second-order valence-corrected chi connectivity index (χ2v) is 20.5. The average Bonchev–Trinajstić information content (AvgIpc) is 3.61. The Labute approximate surface area is 329 Å². The van der Waals surface area contributed by atoms with Gasteiger partial charge in [0.15, 0.2) is 5.60 Å². The maximum Gasteiger partial charge on any atom is 0.264 e. The standard InChI is InChI=1S/C43H49ClN4O6Si/c1-29-41(55(3,4)35-16-14-34(53-2)15-17-35)38(25-39(50)46(21-22-49)27-30-9-6-5-7-10-30)54-43(29)36-24-32(44)13-18-37(36)48(42(43)52)28-31-11-8-12-33(23-31)47-20-19-45-26-40(47)51/h5-18,23-24,29,38,41,45,49H,19-22,25-28H2,1-4H3/t29-,38+,41-,43+/m1/s1. The molecule has 0 radical (unpaired) electrons. The molecule has 4 aromatic carbocycles. The van der Waals surface area contributed by atoms with E-state index in [0.717, 1.165) is 27.8 Å². The molecule has 4 atom stereocenters. The minimum Gasteiger partial charge on any atom is -0.497 e. The molecular formula is C43H49ClN4O6Si. The van der Waals surface area contributed by atoms with Crippen molar-refractivity contribution in [3.63, 3.8) is 0 Å². The zero-order valence-corrected chi connectivity index (χ0v) is 33.6. The first-order chi connectivity index (χ1) is 26.5. The first-order valence-corrected chi connectivity index (χ1v) is 22.4. The lowest BCUT2D eigenvalue weighted by Crippen LogP contribution is -2.52. The molecule has 2 fully saturated rings. The van der Waals surface area contributed by atoms with Gasteiger partial charge in [-0.1, -0.05) is 91.4 Å². The summed E-state index contributed by atoms with van der Waals surface area (Å²) in [6, 6.07) is 31.1. The van der Waals surface area contributed by atoms with E-state index < -0.39 is 19.8 Å². The van der Waals surface area contributed by atoms with E-state index in [0.29, 0.717) is 35.9 Å². The van der Waals surface area contributed by atoms with E-state index in [9.17, 15) is 14.7 Å². The lowest BCUT2D eigenvalue weighted by Gasteiger charge is -2.37. The molecular weight excluding hydrogens is 732 g/mol. The number of rotatable bonds is 12. The second-order valence-electron chi connectivity index (χ2n) is 15.3. The number of carbonyl (C=O) groups is 3. The van der Waals surface area contributed by atoms with Crippen molar-refractivity contribution < 1.29 is 29.0 Å². The van der Waals surface area contributed by atoms with Crippen LogP contribution in [-0.2, 0) is 37.8 Å². The number of nitrogens with zero attached hydrogens (tertiary/aromatic N) is 3. The van der Waals surface area contributed by atoms with Gasteiger partial charge in [0.05, 0.1) is 53.1 Å². The van der Waals surface area contributed by atoms with Crippen molar-refractivity contribution in [2.45, 2.75) is 56.8 Å². The first-order valence-electron chi connectivity index (χ1n) is 18.9. The number of fused-ring (bicyclic) bond motifs is 2. The fourth-order valence-corrected chi connectivity index (χ4v) is 13.2. The Morgan fingerprint density at radius 3 is 2.47 bits per heavy atom. The van der Waals surface area contributed by atoms with Crippen LogP contribution in [0.2, 0.25) is 23.7 Å². The van der Waals surface area contributed by atoms with Crippen molar-refractivity contribution >= 4 is 54.0 Å². The van der Waals surface area contributed by atoms with Crippen molar-refractivity contribution in [1.29, 1.82) is 0 Å². The molecule has 0 unspecified atom stereocenters. The van der Waals surface area contributed by atoms with Gasteiger partial charge in [0.2, 0.25) is 11.8 Å². The number of amides is 3. The maximum atomic E-state index is 15.3. The molecule has 12 heteroatoms. The second kappa shape index (κ2) is 15.9. The lowest BCUT2D eigenvalue weighted by molar-refractivity contribution is -0.150. The van der Waals surface area contributed by atoms with Crippen LogP contribution in [0.3, 0.4) is 0 Å². The fraction of sp³-hybridized carbons (Fsp3) is 0.372. The van der Waals surface area contributed by atoms with Gasteiger partial charge in [-0.25, -0.2) is 0 Å². The third kappa shape index (κ3) is 7.31. The number of hydrogen-bond donors (Lipinski definition) is 2. The van der Waals surface area contributed by atoms with Crippen molar-refractivity contribution in [2.75, 3.05) is 49.7 Å². The largest absolute Gasteiger partial charge is 0.497 e. The number of hydrogen-bond acceptors (Lipinski definition) is 7. The third-order valence-corrected chi connectivity index (χ3v) is 16.4. The summed E-state index contributed by atoms with van der Waals surface area (Å²) in [6.45, 7) is 8.81. The fourth-order valence-electron chi connectivity index (χ4n) is 9.05. The van der Waals surface area contributed by atoms with Crippen LogP contribution in [0.1, 0.15) is 30.0 Å². The first kappa shape index (κ1) is 38.7. The molecule has 3 heterocycles. The molecule has 4 aromatic rings. The summed E-state index contributed by atoms with van der Waals surface area (Å²) >= 11 is 6.72. The summed E-state index contributed by atoms with van der Waals surface area (Å²) in [7, 11) is -0.894. The number of aliphatic hydroxyl groups excluding tert-OH is 1. The highest BCUT2D eigenvalue weighted by atomic mass is 35.5. The molecule has 0 saturated carbocycles. The minimum absolute atomic E-state index is 0.00404. The number of piperazine rings is 1. The summed E-state index contributed by atoms with van der Waals surface area (Å²) < 4.78 is 12.7. The molecule has 10 nitrogen and oxygen atoms in total. The van der Waals surface area contributed by atoms with Crippen LogP contribution in [0.15, 0.2) is 97.1 Å². The number of benzene rings is 4. The molecule has 3 aliphatic rings. The molecule has 55 heavy (non-hydrogen) atoms. The number of aliphatic hydroxyl groups is 1. The van der Waals surface area contributed by atoms with Gasteiger partial charge >= 0.3 is 0 Å². The van der Waals surface area contributed by atoms with E-state index in [-0.39, 0.29) is 61.8 Å². The monoisotopic (exact) mass is 780 g/mol. The van der Waals surface area contributed by atoms with Crippen LogP contribution >= 0.6 is 11.6 Å². The summed E-state index contributed by atoms with van der Waals surface area (Å²) in [5, 5.41) is 14.8. The van der Waals surface area contributed by atoms with Crippen LogP contribution < -0.4 is 25.0 Å². The van der Waals surface area contributed by atoms with Gasteiger partial charge in [0, 0.05) is 48.4 Å². The topological polar surface area (TPSA) is 112 Å².